The summed E-state index contributed by atoms with van der Waals surface area (Å²) in [7, 11) is 0. The number of hydrogen-bond donors (Lipinski definition) is 2. The number of thiazole rings is 1. The Kier molecular flexibility index (Phi) is 5.13. The molecular weight excluding hydrogens is 341 g/mol. The van der Waals surface area contributed by atoms with Crippen LogP contribution in [0.15, 0.2) is 23.6 Å². The van der Waals surface area contributed by atoms with Gasteiger partial charge in [-0.2, -0.15) is 0 Å². The van der Waals surface area contributed by atoms with Gasteiger partial charge in [0, 0.05) is 36.4 Å². The Balaban J connectivity index is 1.63. The Morgan fingerprint density at radius 3 is 3.00 bits per heavy atom. The van der Waals surface area contributed by atoms with E-state index in [9.17, 15) is 14.0 Å². The topological polar surface area (TPSA) is 71.1 Å². The third-order valence-corrected chi connectivity index (χ3v) is 5.31. The summed E-state index contributed by atoms with van der Waals surface area (Å²) in [6.07, 6.45) is 0.653. The van der Waals surface area contributed by atoms with Gasteiger partial charge in [-0.05, 0) is 23.8 Å². The highest BCUT2D eigenvalue weighted by Gasteiger charge is 2.30. The molecule has 0 saturated carbocycles. The van der Waals surface area contributed by atoms with Crippen molar-refractivity contribution in [2.45, 2.75) is 38.5 Å². The van der Waals surface area contributed by atoms with Crippen molar-refractivity contribution in [3.63, 3.8) is 0 Å². The lowest BCUT2D eigenvalue weighted by Gasteiger charge is -2.24. The smallest absolute Gasteiger partial charge is 0.228 e. The van der Waals surface area contributed by atoms with Gasteiger partial charge in [0.25, 0.3) is 0 Å². The van der Waals surface area contributed by atoms with Gasteiger partial charge in [0.1, 0.15) is 5.82 Å². The summed E-state index contributed by atoms with van der Waals surface area (Å²) in [4.78, 5) is 28.8. The molecular formula is C18H20FN3O2S. The minimum Gasteiger partial charge on any atom is -0.355 e. The zero-order valence-electron chi connectivity index (χ0n) is 14.1. The second kappa shape index (κ2) is 7.31. The van der Waals surface area contributed by atoms with Crippen LogP contribution in [-0.4, -0.2) is 23.3 Å². The summed E-state index contributed by atoms with van der Waals surface area (Å²) >= 11 is 1.62. The number of benzene rings is 1. The van der Waals surface area contributed by atoms with Crippen molar-refractivity contribution in [3.8, 4) is 0 Å². The first kappa shape index (κ1) is 17.5. The lowest BCUT2D eigenvalue weighted by Crippen LogP contribution is -2.36. The first-order chi connectivity index (χ1) is 11.9. The molecule has 2 amide bonds. The summed E-state index contributed by atoms with van der Waals surface area (Å²) in [5.74, 6) is -1.20. The molecule has 1 aliphatic heterocycles. The standard InChI is InChI=1S/C18H20FN3O2S/c1-10(2)18-21-12(9-25-18)5-6-20-17(24)14-8-16(23)22-15-4-3-11(19)7-13(14)15/h3-4,7,9-10,14H,5-6,8H2,1-2H3,(H,20,24)(H,22,23). The van der Waals surface area contributed by atoms with E-state index in [0.29, 0.717) is 30.1 Å². The Hall–Kier alpha value is -2.28. The molecule has 0 spiro atoms. The number of halogens is 1. The molecule has 0 saturated heterocycles. The maximum atomic E-state index is 13.5. The molecule has 1 aliphatic rings. The van der Waals surface area contributed by atoms with Crippen LogP contribution in [0.25, 0.3) is 0 Å². The van der Waals surface area contributed by atoms with Gasteiger partial charge in [-0.15, -0.1) is 11.3 Å². The molecule has 0 bridgehead atoms. The Morgan fingerprint density at radius 1 is 1.48 bits per heavy atom. The van der Waals surface area contributed by atoms with Gasteiger partial charge < -0.3 is 10.6 Å². The number of rotatable bonds is 5. The molecule has 5 nitrogen and oxygen atoms in total. The molecule has 3 rings (SSSR count). The predicted octanol–water partition coefficient (Wildman–Crippen LogP) is 3.19. The number of amides is 2. The van der Waals surface area contributed by atoms with Crippen molar-refractivity contribution >= 4 is 28.8 Å². The van der Waals surface area contributed by atoms with Crippen LogP contribution >= 0.6 is 11.3 Å². The number of hydrogen-bond acceptors (Lipinski definition) is 4. The SMILES string of the molecule is CC(C)c1nc(CCNC(=O)C2CC(=O)Nc3ccc(F)cc32)cs1. The van der Waals surface area contributed by atoms with Crippen LogP contribution in [0.1, 0.15) is 48.4 Å². The van der Waals surface area contributed by atoms with Crippen LogP contribution in [0.4, 0.5) is 10.1 Å². The van der Waals surface area contributed by atoms with Gasteiger partial charge >= 0.3 is 0 Å². The summed E-state index contributed by atoms with van der Waals surface area (Å²) in [5, 5.41) is 8.60. The maximum absolute atomic E-state index is 13.5. The normalized spacial score (nSPS) is 16.5. The highest BCUT2D eigenvalue weighted by Crippen LogP contribution is 2.32. The second-order valence-electron chi connectivity index (χ2n) is 6.41. The molecule has 132 valence electrons. The van der Waals surface area contributed by atoms with E-state index in [0.717, 1.165) is 10.7 Å². The third kappa shape index (κ3) is 4.04. The molecule has 0 radical (unpaired) electrons. The fraction of sp³-hybridized carbons (Fsp3) is 0.389. The summed E-state index contributed by atoms with van der Waals surface area (Å²) in [6, 6.07) is 4.08. The quantitative estimate of drug-likeness (QED) is 0.859. The molecule has 1 atom stereocenters. The van der Waals surface area contributed by atoms with Crippen LogP contribution in [0.3, 0.4) is 0 Å². The van der Waals surface area contributed by atoms with E-state index < -0.39 is 11.7 Å². The maximum Gasteiger partial charge on any atom is 0.228 e. The van der Waals surface area contributed by atoms with Crippen molar-refractivity contribution in [3.05, 3.63) is 45.7 Å². The van der Waals surface area contributed by atoms with Gasteiger partial charge in [-0.3, -0.25) is 9.59 Å². The monoisotopic (exact) mass is 361 g/mol. The molecule has 1 aromatic heterocycles. The number of nitrogens with zero attached hydrogens (tertiary/aromatic N) is 1. The Labute approximate surface area is 149 Å². The number of carbonyl (C=O) groups is 2. The van der Waals surface area contributed by atoms with Crippen LogP contribution in [0, 0.1) is 5.82 Å². The van der Waals surface area contributed by atoms with Crippen molar-refractivity contribution in [2.75, 3.05) is 11.9 Å². The molecule has 25 heavy (non-hydrogen) atoms. The van der Waals surface area contributed by atoms with E-state index >= 15 is 0 Å². The average Bonchev–Trinajstić information content (AvgIpc) is 3.03. The lowest BCUT2D eigenvalue weighted by atomic mass is 9.89. The zero-order chi connectivity index (χ0) is 18.0. The number of nitrogens with one attached hydrogen (secondary N) is 2. The Bertz CT molecular complexity index is 803. The van der Waals surface area contributed by atoms with E-state index in [1.165, 1.54) is 18.2 Å². The van der Waals surface area contributed by atoms with Crippen molar-refractivity contribution < 1.29 is 14.0 Å². The van der Waals surface area contributed by atoms with Crippen molar-refractivity contribution in [1.82, 2.24) is 10.3 Å². The minimum absolute atomic E-state index is 0.0243. The van der Waals surface area contributed by atoms with Crippen LogP contribution < -0.4 is 10.6 Å². The fourth-order valence-electron chi connectivity index (χ4n) is 2.81. The van der Waals surface area contributed by atoms with E-state index in [-0.39, 0.29) is 18.2 Å². The Morgan fingerprint density at radius 2 is 2.28 bits per heavy atom. The second-order valence-corrected chi connectivity index (χ2v) is 7.30. The predicted molar refractivity (Wildman–Crippen MR) is 95.3 cm³/mol. The third-order valence-electron chi connectivity index (χ3n) is 4.11. The van der Waals surface area contributed by atoms with E-state index in [1.807, 2.05) is 5.38 Å². The highest BCUT2D eigenvalue weighted by molar-refractivity contribution is 7.09. The van der Waals surface area contributed by atoms with Crippen LogP contribution in [0.5, 0.6) is 0 Å². The summed E-state index contributed by atoms with van der Waals surface area (Å²) in [5.41, 5.74) is 1.97. The summed E-state index contributed by atoms with van der Waals surface area (Å²) < 4.78 is 13.5. The largest absolute Gasteiger partial charge is 0.355 e. The molecule has 7 heteroatoms. The first-order valence-corrected chi connectivity index (χ1v) is 9.13. The molecule has 2 aromatic rings. The van der Waals surface area contributed by atoms with Gasteiger partial charge in [0.05, 0.1) is 16.6 Å². The van der Waals surface area contributed by atoms with Crippen molar-refractivity contribution in [1.29, 1.82) is 0 Å². The number of anilines is 1. The molecule has 1 aromatic carbocycles. The molecule has 0 aliphatic carbocycles. The van der Waals surface area contributed by atoms with E-state index in [4.69, 9.17) is 0 Å². The van der Waals surface area contributed by atoms with Gasteiger partial charge in [0.2, 0.25) is 11.8 Å². The van der Waals surface area contributed by atoms with E-state index in [1.54, 1.807) is 11.3 Å². The zero-order valence-corrected chi connectivity index (χ0v) is 15.0. The van der Waals surface area contributed by atoms with E-state index in [2.05, 4.69) is 29.5 Å². The number of fused-ring (bicyclic) bond motifs is 1. The van der Waals surface area contributed by atoms with Gasteiger partial charge in [-0.1, -0.05) is 13.8 Å². The van der Waals surface area contributed by atoms with Crippen LogP contribution in [0.2, 0.25) is 0 Å². The van der Waals surface area contributed by atoms with Gasteiger partial charge in [0.15, 0.2) is 0 Å². The molecule has 2 N–H and O–H groups in total. The molecule has 0 fully saturated rings. The lowest BCUT2D eigenvalue weighted by molar-refractivity contribution is -0.126. The van der Waals surface area contributed by atoms with Gasteiger partial charge in [-0.25, -0.2) is 9.37 Å². The van der Waals surface area contributed by atoms with Crippen molar-refractivity contribution in [2.24, 2.45) is 0 Å². The average molecular weight is 361 g/mol. The minimum atomic E-state index is -0.666. The fourth-order valence-corrected chi connectivity index (χ4v) is 3.68. The molecule has 1 unspecified atom stereocenters. The summed E-state index contributed by atoms with van der Waals surface area (Å²) in [6.45, 7) is 4.62. The van der Waals surface area contributed by atoms with Crippen LogP contribution in [-0.2, 0) is 16.0 Å². The first-order valence-electron chi connectivity index (χ1n) is 8.25. The highest BCUT2D eigenvalue weighted by atomic mass is 32.1. The molecule has 2 heterocycles. The number of carbonyl (C=O) groups excluding carboxylic acids is 2. The number of aromatic nitrogens is 1.